The van der Waals surface area contributed by atoms with Gasteiger partial charge < -0.3 is 11.1 Å². The van der Waals surface area contributed by atoms with Gasteiger partial charge in [0.15, 0.2) is 0 Å². The summed E-state index contributed by atoms with van der Waals surface area (Å²) in [4.78, 5) is 18.5. The minimum atomic E-state index is -0.504. The fourth-order valence-corrected chi connectivity index (χ4v) is 2.08. The van der Waals surface area contributed by atoms with E-state index in [0.29, 0.717) is 5.82 Å². The number of nitrogens with two attached hydrogens (primary N) is 1. The molecule has 3 N–H and O–H groups in total. The van der Waals surface area contributed by atoms with Crippen molar-refractivity contribution in [2.24, 2.45) is 0 Å². The van der Waals surface area contributed by atoms with Gasteiger partial charge in [0.05, 0.1) is 17.1 Å². The van der Waals surface area contributed by atoms with Crippen molar-refractivity contribution < 1.29 is 4.92 Å². The van der Waals surface area contributed by atoms with Crippen LogP contribution >= 0.6 is 0 Å². The summed E-state index contributed by atoms with van der Waals surface area (Å²) in [5.41, 5.74) is 6.27. The van der Waals surface area contributed by atoms with Crippen molar-refractivity contribution in [2.75, 3.05) is 11.1 Å². The topological polar surface area (TPSA) is 107 Å². The number of nitro groups is 1. The number of rotatable bonds is 3. The number of benzene rings is 1. The summed E-state index contributed by atoms with van der Waals surface area (Å²) in [5, 5.41) is 15.8. The molecular weight excluding hydrogens is 270 g/mol. The van der Waals surface area contributed by atoms with Crippen molar-refractivity contribution in [3.05, 3.63) is 58.9 Å². The largest absolute Gasteiger partial charge is 0.383 e. The molecule has 0 aliphatic heterocycles. The summed E-state index contributed by atoms with van der Waals surface area (Å²) < 4.78 is 0. The summed E-state index contributed by atoms with van der Waals surface area (Å²) in [6.07, 6.45) is 3.43. The number of anilines is 3. The van der Waals surface area contributed by atoms with Crippen molar-refractivity contribution in [3.8, 4) is 0 Å². The van der Waals surface area contributed by atoms with Gasteiger partial charge in [0.1, 0.15) is 11.6 Å². The highest BCUT2D eigenvalue weighted by atomic mass is 16.6. The fraction of sp³-hybridized carbons (Fsp3) is 0. The Morgan fingerprint density at radius 3 is 2.90 bits per heavy atom. The Morgan fingerprint density at radius 1 is 1.24 bits per heavy atom. The number of aromatic nitrogens is 2. The maximum atomic E-state index is 10.9. The molecule has 0 saturated heterocycles. The Labute approximate surface area is 119 Å². The van der Waals surface area contributed by atoms with Crippen LogP contribution < -0.4 is 11.1 Å². The van der Waals surface area contributed by atoms with E-state index in [2.05, 4.69) is 15.3 Å². The first-order chi connectivity index (χ1) is 10.1. The maximum Gasteiger partial charge on any atom is 0.276 e. The molecule has 104 valence electrons. The minimum absolute atomic E-state index is 0.0913. The highest BCUT2D eigenvalue weighted by Gasteiger charge is 2.10. The number of pyridine rings is 2. The SMILES string of the molecule is Nc1cc([N+](=O)[O-])cc(Nc2cccc3cnccc23)n1. The quantitative estimate of drug-likeness (QED) is 0.564. The molecule has 0 fully saturated rings. The summed E-state index contributed by atoms with van der Waals surface area (Å²) in [6, 6.07) is 10.1. The molecule has 2 heterocycles. The Kier molecular flexibility index (Phi) is 3.07. The third-order valence-corrected chi connectivity index (χ3v) is 2.98. The number of fused-ring (bicyclic) bond motifs is 1. The van der Waals surface area contributed by atoms with Crippen LogP contribution in [0.15, 0.2) is 48.8 Å². The molecule has 2 aromatic heterocycles. The van der Waals surface area contributed by atoms with Crippen LogP contribution in [0.3, 0.4) is 0 Å². The van der Waals surface area contributed by atoms with Crippen LogP contribution in [0.25, 0.3) is 10.8 Å². The van der Waals surface area contributed by atoms with E-state index < -0.39 is 4.92 Å². The van der Waals surface area contributed by atoms with E-state index in [-0.39, 0.29) is 11.5 Å². The van der Waals surface area contributed by atoms with Crippen LogP contribution in [0.2, 0.25) is 0 Å². The summed E-state index contributed by atoms with van der Waals surface area (Å²) >= 11 is 0. The van der Waals surface area contributed by atoms with Gasteiger partial charge in [-0.1, -0.05) is 12.1 Å². The molecule has 0 bridgehead atoms. The molecular formula is C14H11N5O2. The first-order valence-electron chi connectivity index (χ1n) is 6.15. The van der Waals surface area contributed by atoms with Gasteiger partial charge in [0.25, 0.3) is 5.69 Å². The average Bonchev–Trinajstić information content (AvgIpc) is 2.47. The minimum Gasteiger partial charge on any atom is -0.383 e. The molecule has 1 aromatic carbocycles. The number of nitrogens with one attached hydrogen (secondary N) is 1. The highest BCUT2D eigenvalue weighted by molar-refractivity contribution is 5.94. The predicted octanol–water partition coefficient (Wildman–Crippen LogP) is 2.86. The number of nitrogen functional groups attached to an aromatic ring is 1. The second kappa shape index (κ2) is 5.04. The van der Waals surface area contributed by atoms with E-state index in [9.17, 15) is 10.1 Å². The fourth-order valence-electron chi connectivity index (χ4n) is 2.08. The van der Waals surface area contributed by atoms with Crippen LogP contribution in [0.4, 0.5) is 23.0 Å². The lowest BCUT2D eigenvalue weighted by Crippen LogP contribution is -2.00. The van der Waals surface area contributed by atoms with Crippen LogP contribution in [-0.2, 0) is 0 Å². The smallest absolute Gasteiger partial charge is 0.276 e. The van der Waals surface area contributed by atoms with E-state index >= 15 is 0 Å². The molecule has 0 atom stereocenters. The lowest BCUT2D eigenvalue weighted by molar-refractivity contribution is -0.384. The van der Waals surface area contributed by atoms with Gasteiger partial charge in [-0.05, 0) is 12.1 Å². The maximum absolute atomic E-state index is 10.9. The van der Waals surface area contributed by atoms with Crippen molar-refractivity contribution in [1.29, 1.82) is 0 Å². The van der Waals surface area contributed by atoms with Gasteiger partial charge in [-0.2, -0.15) is 0 Å². The van der Waals surface area contributed by atoms with Crippen LogP contribution in [0.5, 0.6) is 0 Å². The number of nitrogens with zero attached hydrogens (tertiary/aromatic N) is 3. The van der Waals surface area contributed by atoms with Gasteiger partial charge in [-0.25, -0.2) is 4.98 Å². The summed E-state index contributed by atoms with van der Waals surface area (Å²) in [5.74, 6) is 0.416. The molecule has 0 unspecified atom stereocenters. The molecule has 0 aliphatic rings. The van der Waals surface area contributed by atoms with Crippen molar-refractivity contribution >= 4 is 33.8 Å². The van der Waals surface area contributed by atoms with Crippen molar-refractivity contribution in [3.63, 3.8) is 0 Å². The Hall–Kier alpha value is -3.22. The predicted molar refractivity (Wildman–Crippen MR) is 80.3 cm³/mol. The Bertz CT molecular complexity index is 829. The van der Waals surface area contributed by atoms with Gasteiger partial charge in [0.2, 0.25) is 0 Å². The van der Waals surface area contributed by atoms with Gasteiger partial charge in [-0.3, -0.25) is 15.1 Å². The van der Waals surface area contributed by atoms with Crippen molar-refractivity contribution in [1.82, 2.24) is 9.97 Å². The lowest BCUT2D eigenvalue weighted by Gasteiger charge is -2.09. The standard InChI is InChI=1S/C14H11N5O2/c15-13-6-10(19(20)21)7-14(18-13)17-12-3-1-2-9-8-16-5-4-11(9)12/h1-8H,(H3,15,17,18). The molecule has 3 aromatic rings. The second-order valence-electron chi connectivity index (χ2n) is 4.42. The lowest BCUT2D eigenvalue weighted by atomic mass is 10.1. The Morgan fingerprint density at radius 2 is 2.10 bits per heavy atom. The zero-order chi connectivity index (χ0) is 14.8. The van der Waals surface area contributed by atoms with Gasteiger partial charge >= 0.3 is 0 Å². The molecule has 0 amide bonds. The Balaban J connectivity index is 2.05. The molecule has 0 aliphatic carbocycles. The highest BCUT2D eigenvalue weighted by Crippen LogP contribution is 2.27. The molecule has 0 spiro atoms. The third kappa shape index (κ3) is 2.57. The molecule has 7 nitrogen and oxygen atoms in total. The zero-order valence-electron chi connectivity index (χ0n) is 10.9. The molecule has 7 heteroatoms. The van der Waals surface area contributed by atoms with Crippen LogP contribution in [-0.4, -0.2) is 14.9 Å². The third-order valence-electron chi connectivity index (χ3n) is 2.98. The average molecular weight is 281 g/mol. The second-order valence-corrected chi connectivity index (χ2v) is 4.42. The van der Waals surface area contributed by atoms with E-state index in [0.717, 1.165) is 16.5 Å². The first kappa shape index (κ1) is 12.8. The first-order valence-corrected chi connectivity index (χ1v) is 6.15. The molecule has 21 heavy (non-hydrogen) atoms. The van der Waals surface area contributed by atoms with Crippen LogP contribution in [0.1, 0.15) is 0 Å². The van der Waals surface area contributed by atoms with E-state index in [1.807, 2.05) is 24.3 Å². The van der Waals surface area contributed by atoms with Crippen molar-refractivity contribution in [2.45, 2.75) is 0 Å². The van der Waals surface area contributed by atoms with E-state index in [4.69, 9.17) is 5.73 Å². The molecule has 3 rings (SSSR count). The summed E-state index contributed by atoms with van der Waals surface area (Å²) in [7, 11) is 0. The van der Waals surface area contributed by atoms with Gasteiger partial charge in [0, 0.05) is 28.9 Å². The normalized spacial score (nSPS) is 10.5. The molecule has 0 saturated carbocycles. The zero-order valence-corrected chi connectivity index (χ0v) is 10.9. The summed E-state index contributed by atoms with van der Waals surface area (Å²) in [6.45, 7) is 0. The number of hydrogen-bond acceptors (Lipinski definition) is 6. The van der Waals surface area contributed by atoms with E-state index in [1.165, 1.54) is 12.1 Å². The van der Waals surface area contributed by atoms with Crippen LogP contribution in [0, 0.1) is 10.1 Å². The van der Waals surface area contributed by atoms with E-state index in [1.54, 1.807) is 12.4 Å². The molecule has 0 radical (unpaired) electrons. The monoisotopic (exact) mass is 281 g/mol. The number of hydrogen-bond donors (Lipinski definition) is 2. The van der Waals surface area contributed by atoms with Gasteiger partial charge in [-0.15, -0.1) is 0 Å².